The van der Waals surface area contributed by atoms with E-state index in [0.29, 0.717) is 12.1 Å². The fourth-order valence-corrected chi connectivity index (χ4v) is 2.96. The molecule has 0 heterocycles. The van der Waals surface area contributed by atoms with Gasteiger partial charge in [0.1, 0.15) is 5.82 Å². The zero-order chi connectivity index (χ0) is 17.7. The molecule has 1 amide bonds. The fraction of sp³-hybridized carbons (Fsp3) is 0.235. The van der Waals surface area contributed by atoms with E-state index in [0.717, 1.165) is 9.87 Å². The average Bonchev–Trinajstić information content (AvgIpc) is 2.55. The third kappa shape index (κ3) is 4.62. The van der Waals surface area contributed by atoms with Gasteiger partial charge in [-0.1, -0.05) is 12.1 Å². The van der Waals surface area contributed by atoms with Gasteiger partial charge in [-0.2, -0.15) is 0 Å². The van der Waals surface area contributed by atoms with E-state index in [1.165, 1.54) is 50.5 Å². The van der Waals surface area contributed by atoms with Gasteiger partial charge in [-0.15, -0.1) is 0 Å². The minimum Gasteiger partial charge on any atom is -0.326 e. The molecular formula is C17H19FN2O3S. The minimum atomic E-state index is -3.45. The topological polar surface area (TPSA) is 66.5 Å². The molecule has 7 heteroatoms. The second kappa shape index (κ2) is 7.55. The molecule has 2 rings (SSSR count). The van der Waals surface area contributed by atoms with Gasteiger partial charge in [0, 0.05) is 26.2 Å². The lowest BCUT2D eigenvalue weighted by Gasteiger charge is -2.11. The number of nitrogens with one attached hydrogen (secondary N) is 1. The molecule has 0 atom stereocenters. The first-order valence-electron chi connectivity index (χ1n) is 7.36. The summed E-state index contributed by atoms with van der Waals surface area (Å²) in [5.41, 5.74) is 1.40. The Morgan fingerprint density at radius 3 is 2.17 bits per heavy atom. The van der Waals surface area contributed by atoms with Crippen molar-refractivity contribution in [1.82, 2.24) is 4.31 Å². The van der Waals surface area contributed by atoms with Gasteiger partial charge in [0.2, 0.25) is 15.9 Å². The number of amides is 1. The van der Waals surface area contributed by atoms with Crippen LogP contribution in [-0.4, -0.2) is 32.7 Å². The van der Waals surface area contributed by atoms with E-state index < -0.39 is 10.0 Å². The number of benzene rings is 2. The highest BCUT2D eigenvalue weighted by atomic mass is 32.2. The molecule has 2 aromatic carbocycles. The Morgan fingerprint density at radius 1 is 1.04 bits per heavy atom. The van der Waals surface area contributed by atoms with Crippen LogP contribution in [0.15, 0.2) is 53.4 Å². The first kappa shape index (κ1) is 18.1. The molecule has 0 aliphatic carbocycles. The van der Waals surface area contributed by atoms with Crippen molar-refractivity contribution in [2.24, 2.45) is 0 Å². The summed E-state index contributed by atoms with van der Waals surface area (Å²) < 4.78 is 37.9. The third-order valence-electron chi connectivity index (χ3n) is 3.47. The second-order valence-corrected chi connectivity index (χ2v) is 7.64. The van der Waals surface area contributed by atoms with Crippen LogP contribution in [0.25, 0.3) is 0 Å². The number of aryl methyl sites for hydroxylation is 1. The van der Waals surface area contributed by atoms with Crippen LogP contribution < -0.4 is 5.32 Å². The number of anilines is 1. The highest BCUT2D eigenvalue weighted by Gasteiger charge is 2.16. The Labute approximate surface area is 141 Å². The van der Waals surface area contributed by atoms with Gasteiger partial charge in [0.25, 0.3) is 0 Å². The summed E-state index contributed by atoms with van der Waals surface area (Å²) in [7, 11) is -0.495. The number of carbonyl (C=O) groups is 1. The molecule has 0 spiro atoms. The largest absolute Gasteiger partial charge is 0.326 e. The van der Waals surface area contributed by atoms with E-state index in [1.807, 2.05) is 0 Å². The first-order valence-corrected chi connectivity index (χ1v) is 8.80. The van der Waals surface area contributed by atoms with E-state index in [-0.39, 0.29) is 23.0 Å². The van der Waals surface area contributed by atoms with E-state index in [4.69, 9.17) is 0 Å². The molecular weight excluding hydrogens is 331 g/mol. The van der Waals surface area contributed by atoms with Gasteiger partial charge < -0.3 is 5.32 Å². The van der Waals surface area contributed by atoms with Gasteiger partial charge >= 0.3 is 0 Å². The predicted molar refractivity (Wildman–Crippen MR) is 90.7 cm³/mol. The van der Waals surface area contributed by atoms with Crippen molar-refractivity contribution in [3.63, 3.8) is 0 Å². The fourth-order valence-electron chi connectivity index (χ4n) is 2.05. The van der Waals surface area contributed by atoms with Crippen LogP contribution in [0.3, 0.4) is 0 Å². The summed E-state index contributed by atoms with van der Waals surface area (Å²) in [6.07, 6.45) is 0.729. The van der Waals surface area contributed by atoms with Crippen LogP contribution in [0.1, 0.15) is 12.0 Å². The van der Waals surface area contributed by atoms with Crippen LogP contribution in [0, 0.1) is 5.82 Å². The van der Waals surface area contributed by atoms with Gasteiger partial charge in [-0.05, 0) is 48.4 Å². The number of halogens is 1. The van der Waals surface area contributed by atoms with Crippen LogP contribution in [0.5, 0.6) is 0 Å². The molecule has 0 saturated heterocycles. The van der Waals surface area contributed by atoms with Crippen molar-refractivity contribution >= 4 is 21.6 Å². The van der Waals surface area contributed by atoms with Crippen molar-refractivity contribution in [2.75, 3.05) is 19.4 Å². The van der Waals surface area contributed by atoms with Gasteiger partial charge in [0.05, 0.1) is 4.90 Å². The Bertz CT molecular complexity index is 801. The molecule has 0 bridgehead atoms. The highest BCUT2D eigenvalue weighted by Crippen LogP contribution is 2.15. The Balaban J connectivity index is 1.92. The molecule has 0 unspecified atom stereocenters. The molecule has 0 aromatic heterocycles. The molecule has 24 heavy (non-hydrogen) atoms. The summed E-state index contributed by atoms with van der Waals surface area (Å²) in [6, 6.07) is 12.0. The lowest BCUT2D eigenvalue weighted by Crippen LogP contribution is -2.22. The number of hydrogen-bond acceptors (Lipinski definition) is 3. The number of sulfonamides is 1. The molecule has 0 aliphatic heterocycles. The average molecular weight is 350 g/mol. The molecule has 128 valence electrons. The van der Waals surface area contributed by atoms with Gasteiger partial charge in [0.15, 0.2) is 0 Å². The third-order valence-corrected chi connectivity index (χ3v) is 5.30. The SMILES string of the molecule is CN(C)S(=O)(=O)c1ccc(CCC(=O)Nc2ccc(F)cc2)cc1. The number of hydrogen-bond donors (Lipinski definition) is 1. The monoisotopic (exact) mass is 350 g/mol. The zero-order valence-electron chi connectivity index (χ0n) is 13.5. The van der Waals surface area contributed by atoms with E-state index in [2.05, 4.69) is 5.32 Å². The first-order chi connectivity index (χ1) is 11.3. The van der Waals surface area contributed by atoms with E-state index in [9.17, 15) is 17.6 Å². The normalized spacial score (nSPS) is 11.5. The summed E-state index contributed by atoms with van der Waals surface area (Å²) in [4.78, 5) is 12.1. The summed E-state index contributed by atoms with van der Waals surface area (Å²) in [6.45, 7) is 0. The Hall–Kier alpha value is -2.25. The summed E-state index contributed by atoms with van der Waals surface area (Å²) in [5.74, 6) is -0.549. The van der Waals surface area contributed by atoms with Gasteiger partial charge in [-0.25, -0.2) is 17.1 Å². The quantitative estimate of drug-likeness (QED) is 0.871. The standard InChI is InChI=1S/C17H19FN2O3S/c1-20(2)24(22,23)16-10-3-13(4-11-16)5-12-17(21)19-15-8-6-14(18)7-9-15/h3-4,6-11H,5,12H2,1-2H3,(H,19,21). The van der Waals surface area contributed by atoms with E-state index in [1.54, 1.807) is 12.1 Å². The van der Waals surface area contributed by atoms with Crippen molar-refractivity contribution in [3.8, 4) is 0 Å². The van der Waals surface area contributed by atoms with Crippen molar-refractivity contribution in [2.45, 2.75) is 17.7 Å². The van der Waals surface area contributed by atoms with Crippen LogP contribution in [0.4, 0.5) is 10.1 Å². The minimum absolute atomic E-state index is 0.188. The van der Waals surface area contributed by atoms with Crippen LogP contribution >= 0.6 is 0 Å². The molecule has 1 N–H and O–H groups in total. The maximum absolute atomic E-state index is 12.8. The maximum Gasteiger partial charge on any atom is 0.242 e. The Morgan fingerprint density at radius 2 is 1.62 bits per heavy atom. The summed E-state index contributed by atoms with van der Waals surface area (Å²) >= 11 is 0. The number of carbonyl (C=O) groups excluding carboxylic acids is 1. The van der Waals surface area contributed by atoms with E-state index >= 15 is 0 Å². The second-order valence-electron chi connectivity index (χ2n) is 5.49. The van der Waals surface area contributed by atoms with Crippen LogP contribution in [-0.2, 0) is 21.2 Å². The molecule has 0 saturated carbocycles. The van der Waals surface area contributed by atoms with Crippen molar-refractivity contribution in [1.29, 1.82) is 0 Å². The predicted octanol–water partition coefficient (Wildman–Crippen LogP) is 2.65. The van der Waals surface area contributed by atoms with Crippen molar-refractivity contribution < 1.29 is 17.6 Å². The van der Waals surface area contributed by atoms with Gasteiger partial charge in [-0.3, -0.25) is 4.79 Å². The lowest BCUT2D eigenvalue weighted by atomic mass is 10.1. The van der Waals surface area contributed by atoms with Crippen molar-refractivity contribution in [3.05, 3.63) is 59.9 Å². The molecule has 0 aliphatic rings. The van der Waals surface area contributed by atoms with Crippen LogP contribution in [0.2, 0.25) is 0 Å². The molecule has 5 nitrogen and oxygen atoms in total. The molecule has 0 fully saturated rings. The zero-order valence-corrected chi connectivity index (χ0v) is 14.3. The summed E-state index contributed by atoms with van der Waals surface area (Å²) in [5, 5.41) is 2.68. The molecule has 2 aromatic rings. The molecule has 0 radical (unpaired) electrons. The maximum atomic E-state index is 12.8. The smallest absolute Gasteiger partial charge is 0.242 e. The lowest BCUT2D eigenvalue weighted by molar-refractivity contribution is -0.116. The number of rotatable bonds is 6. The number of nitrogens with zero attached hydrogens (tertiary/aromatic N) is 1. The Kier molecular flexibility index (Phi) is 5.69. The highest BCUT2D eigenvalue weighted by molar-refractivity contribution is 7.89.